The molecule has 2 aliphatic rings. The van der Waals surface area contributed by atoms with Gasteiger partial charge in [0.25, 0.3) is 5.91 Å². The first-order valence-electron chi connectivity index (χ1n) is 11.1. The van der Waals surface area contributed by atoms with Gasteiger partial charge in [0.1, 0.15) is 11.6 Å². The summed E-state index contributed by atoms with van der Waals surface area (Å²) in [5, 5.41) is 16.3. The van der Waals surface area contributed by atoms with Gasteiger partial charge in [-0.05, 0) is 37.3 Å². The number of nitrogens with zero attached hydrogens (tertiary/aromatic N) is 2. The number of hydrogen-bond acceptors (Lipinski definition) is 5. The summed E-state index contributed by atoms with van der Waals surface area (Å²) in [5.74, 6) is -3.23. The first-order valence-corrected chi connectivity index (χ1v) is 11.1. The highest BCUT2D eigenvalue weighted by atomic mass is 19.1. The van der Waals surface area contributed by atoms with Crippen LogP contribution in [0.25, 0.3) is 11.3 Å². The fraction of sp³-hybridized carbons (Fsp3) is 0.522. The molecule has 2 heterocycles. The van der Waals surface area contributed by atoms with Crippen LogP contribution in [-0.4, -0.2) is 52.2 Å². The molecule has 7 nitrogen and oxygen atoms in total. The molecule has 1 saturated carbocycles. The second kappa shape index (κ2) is 9.36. The van der Waals surface area contributed by atoms with Crippen LogP contribution in [0, 0.1) is 23.5 Å². The molecule has 1 aromatic carbocycles. The van der Waals surface area contributed by atoms with Crippen molar-refractivity contribution in [2.24, 2.45) is 11.8 Å². The molecule has 0 spiro atoms. The van der Waals surface area contributed by atoms with Gasteiger partial charge < -0.3 is 14.9 Å². The number of rotatable bonds is 6. The maximum Gasteiger partial charge on any atom is 0.309 e. The van der Waals surface area contributed by atoms with E-state index in [0.717, 1.165) is 31.5 Å². The smallest absolute Gasteiger partial charge is 0.309 e. The summed E-state index contributed by atoms with van der Waals surface area (Å²) < 4.78 is 32.2. The molecule has 0 unspecified atom stereocenters. The lowest BCUT2D eigenvalue weighted by Gasteiger charge is -2.41. The Morgan fingerprint density at radius 1 is 1.25 bits per heavy atom. The molecule has 1 amide bonds. The molecule has 9 heteroatoms. The molecule has 2 aromatic rings. The topological polar surface area (TPSA) is 95.7 Å². The maximum atomic E-state index is 14.0. The maximum absolute atomic E-state index is 14.0. The highest BCUT2D eigenvalue weighted by Gasteiger charge is 2.40. The molecule has 1 saturated heterocycles. The van der Waals surface area contributed by atoms with Gasteiger partial charge in [-0.2, -0.15) is 0 Å². The molecule has 1 aliphatic carbocycles. The SMILES string of the molecule is CC[C@H]1CCC[C@@H]1N1CC[C@H](NC(=O)c2cc(-c3ccc(F)cc3F)on2)[C@@H](C(=O)O)C1. The molecule has 4 rings (SSSR count). The predicted molar refractivity (Wildman–Crippen MR) is 112 cm³/mol. The van der Waals surface area contributed by atoms with Crippen LogP contribution in [0.15, 0.2) is 28.8 Å². The Bertz CT molecular complexity index is 995. The fourth-order valence-electron chi connectivity index (χ4n) is 5.12. The van der Waals surface area contributed by atoms with Crippen molar-refractivity contribution in [2.45, 2.75) is 51.1 Å². The molecular weight excluding hydrogens is 420 g/mol. The lowest BCUT2D eigenvalue weighted by Crippen LogP contribution is -2.56. The van der Waals surface area contributed by atoms with Crippen molar-refractivity contribution in [3.05, 3.63) is 41.6 Å². The Labute approximate surface area is 184 Å². The number of hydrogen-bond donors (Lipinski definition) is 2. The van der Waals surface area contributed by atoms with E-state index in [0.29, 0.717) is 24.9 Å². The molecule has 172 valence electrons. The molecule has 0 radical (unpaired) electrons. The summed E-state index contributed by atoms with van der Waals surface area (Å²) in [6.07, 6.45) is 5.04. The lowest BCUT2D eigenvalue weighted by molar-refractivity contribution is -0.145. The van der Waals surface area contributed by atoms with Crippen LogP contribution in [0.2, 0.25) is 0 Å². The summed E-state index contributed by atoms with van der Waals surface area (Å²) in [7, 11) is 0. The number of nitrogens with one attached hydrogen (secondary N) is 1. The second-order valence-electron chi connectivity index (χ2n) is 8.68. The van der Waals surface area contributed by atoms with Crippen molar-refractivity contribution in [1.29, 1.82) is 0 Å². The number of aromatic nitrogens is 1. The van der Waals surface area contributed by atoms with Gasteiger partial charge in [-0.25, -0.2) is 8.78 Å². The standard InChI is InChI=1S/C23H27F2N3O4/c1-2-13-4-3-5-20(13)28-9-8-18(16(12-28)23(30)31)26-22(29)19-11-21(32-27-19)15-7-6-14(24)10-17(15)25/h6-7,10-11,13,16,18,20H,2-5,8-9,12H2,1H3,(H,26,29)(H,30,31)/t13-,16-,18-,20-/m0/s1. The first kappa shape index (κ1) is 22.4. The van der Waals surface area contributed by atoms with E-state index in [9.17, 15) is 23.5 Å². The molecule has 4 atom stereocenters. The first-order chi connectivity index (χ1) is 15.4. The van der Waals surface area contributed by atoms with Crippen LogP contribution in [0.1, 0.15) is 49.5 Å². The largest absolute Gasteiger partial charge is 0.481 e. The number of halogens is 2. The average Bonchev–Trinajstić information content (AvgIpc) is 3.43. The highest BCUT2D eigenvalue weighted by molar-refractivity contribution is 5.93. The van der Waals surface area contributed by atoms with Crippen LogP contribution in [0.5, 0.6) is 0 Å². The Morgan fingerprint density at radius 3 is 2.78 bits per heavy atom. The van der Waals surface area contributed by atoms with Crippen molar-refractivity contribution >= 4 is 11.9 Å². The van der Waals surface area contributed by atoms with Gasteiger partial charge in [-0.1, -0.05) is 24.9 Å². The van der Waals surface area contributed by atoms with Crippen molar-refractivity contribution in [2.75, 3.05) is 13.1 Å². The molecule has 2 fully saturated rings. The normalized spacial score (nSPS) is 26.2. The van der Waals surface area contributed by atoms with Crippen molar-refractivity contribution in [1.82, 2.24) is 15.4 Å². The van der Waals surface area contributed by atoms with Crippen molar-refractivity contribution in [3.8, 4) is 11.3 Å². The van der Waals surface area contributed by atoms with E-state index in [1.807, 2.05) is 0 Å². The summed E-state index contributed by atoms with van der Waals surface area (Å²) >= 11 is 0. The van der Waals surface area contributed by atoms with Gasteiger partial charge in [0, 0.05) is 37.3 Å². The van der Waals surface area contributed by atoms with E-state index in [4.69, 9.17) is 4.52 Å². The number of benzene rings is 1. The Kier molecular flexibility index (Phi) is 6.55. The Hall–Kier alpha value is -2.81. The van der Waals surface area contributed by atoms with E-state index in [1.54, 1.807) is 0 Å². The quantitative estimate of drug-likeness (QED) is 0.701. The van der Waals surface area contributed by atoms with Crippen LogP contribution < -0.4 is 5.32 Å². The monoisotopic (exact) mass is 447 g/mol. The third-order valence-corrected chi connectivity index (χ3v) is 6.83. The number of likely N-dealkylation sites (tertiary alicyclic amines) is 1. The average molecular weight is 447 g/mol. The highest BCUT2D eigenvalue weighted by Crippen LogP contribution is 2.34. The number of aliphatic carboxylic acids is 1. The predicted octanol–water partition coefficient (Wildman–Crippen LogP) is 3.70. The van der Waals surface area contributed by atoms with Crippen LogP contribution in [0.4, 0.5) is 8.78 Å². The zero-order valence-corrected chi connectivity index (χ0v) is 17.9. The van der Waals surface area contributed by atoms with E-state index < -0.39 is 35.5 Å². The number of amides is 1. The number of piperidine rings is 1. The summed E-state index contributed by atoms with van der Waals surface area (Å²) in [6.45, 7) is 3.29. The molecule has 32 heavy (non-hydrogen) atoms. The van der Waals surface area contributed by atoms with Gasteiger partial charge >= 0.3 is 5.97 Å². The molecular formula is C23H27F2N3O4. The zero-order chi connectivity index (χ0) is 22.8. The Morgan fingerprint density at radius 2 is 2.06 bits per heavy atom. The number of carboxylic acids is 1. The molecule has 1 aromatic heterocycles. The van der Waals surface area contributed by atoms with Gasteiger partial charge in [0.2, 0.25) is 0 Å². The van der Waals surface area contributed by atoms with E-state index in [-0.39, 0.29) is 17.0 Å². The van der Waals surface area contributed by atoms with Gasteiger partial charge in [0.05, 0.1) is 11.5 Å². The van der Waals surface area contributed by atoms with Crippen molar-refractivity contribution < 1.29 is 28.0 Å². The zero-order valence-electron chi connectivity index (χ0n) is 17.9. The van der Waals surface area contributed by atoms with E-state index in [2.05, 4.69) is 22.3 Å². The molecule has 1 aliphatic heterocycles. The Balaban J connectivity index is 1.44. The van der Waals surface area contributed by atoms with Crippen LogP contribution in [0.3, 0.4) is 0 Å². The third-order valence-electron chi connectivity index (χ3n) is 6.83. The number of carbonyl (C=O) groups is 2. The summed E-state index contributed by atoms with van der Waals surface area (Å²) in [5.41, 5.74) is -0.103. The fourth-order valence-corrected chi connectivity index (χ4v) is 5.12. The summed E-state index contributed by atoms with van der Waals surface area (Å²) in [6, 6.07) is 4.13. The van der Waals surface area contributed by atoms with Crippen LogP contribution >= 0.6 is 0 Å². The van der Waals surface area contributed by atoms with Crippen LogP contribution in [-0.2, 0) is 4.79 Å². The molecule has 2 N–H and O–H groups in total. The van der Waals surface area contributed by atoms with Gasteiger partial charge in [-0.3, -0.25) is 14.5 Å². The lowest BCUT2D eigenvalue weighted by atomic mass is 9.89. The minimum Gasteiger partial charge on any atom is -0.481 e. The van der Waals surface area contributed by atoms with E-state index in [1.165, 1.54) is 25.0 Å². The third kappa shape index (κ3) is 4.53. The minimum absolute atomic E-state index is 0.0101. The number of carboxylic acid groups (broad SMARTS) is 1. The molecule has 0 bridgehead atoms. The second-order valence-corrected chi connectivity index (χ2v) is 8.68. The van der Waals surface area contributed by atoms with Crippen molar-refractivity contribution in [3.63, 3.8) is 0 Å². The summed E-state index contributed by atoms with van der Waals surface area (Å²) in [4.78, 5) is 26.9. The van der Waals surface area contributed by atoms with Gasteiger partial charge in [-0.15, -0.1) is 0 Å². The minimum atomic E-state index is -0.944. The van der Waals surface area contributed by atoms with E-state index >= 15 is 0 Å². The number of carbonyl (C=O) groups excluding carboxylic acids is 1. The van der Waals surface area contributed by atoms with Gasteiger partial charge in [0.15, 0.2) is 11.5 Å².